The van der Waals surface area contributed by atoms with Crippen molar-refractivity contribution in [3.05, 3.63) is 71.0 Å². The van der Waals surface area contributed by atoms with E-state index in [1.54, 1.807) is 0 Å². The minimum absolute atomic E-state index is 0.167. The van der Waals surface area contributed by atoms with Gasteiger partial charge >= 0.3 is 0 Å². The number of amidine groups is 1. The van der Waals surface area contributed by atoms with E-state index in [1.165, 1.54) is 17.8 Å². The largest absolute Gasteiger partial charge is 0.377 e. The molecule has 0 aliphatic carbocycles. The molecule has 0 heterocycles. The van der Waals surface area contributed by atoms with Crippen LogP contribution >= 0.6 is 11.8 Å². The number of hydrogen-bond donors (Lipinski definition) is 1. The van der Waals surface area contributed by atoms with Gasteiger partial charge in [0.1, 0.15) is 5.82 Å². The molecule has 0 bridgehead atoms. The van der Waals surface area contributed by atoms with Crippen LogP contribution in [0.25, 0.3) is 0 Å². The number of benzene rings is 2. The molecular formula is C16H14F3N3S. The van der Waals surface area contributed by atoms with Gasteiger partial charge in [-0.25, -0.2) is 13.2 Å². The standard InChI is InChI=1S/C16H14F3N3S/c17-14-8-4-7-12(15(18)19)13(14)9-21-22-16(20)23-10-11-5-2-1-3-6-11/h1-9,15H,10H2,(H2,20,22). The highest BCUT2D eigenvalue weighted by Gasteiger charge is 2.14. The fourth-order valence-corrected chi connectivity index (χ4v) is 2.40. The van der Waals surface area contributed by atoms with Crippen LogP contribution in [0.15, 0.2) is 58.7 Å². The van der Waals surface area contributed by atoms with E-state index in [0.717, 1.165) is 23.9 Å². The molecule has 2 aromatic carbocycles. The van der Waals surface area contributed by atoms with Gasteiger partial charge in [-0.2, -0.15) is 5.10 Å². The van der Waals surface area contributed by atoms with Gasteiger partial charge in [0.05, 0.1) is 6.21 Å². The Balaban J connectivity index is 2.03. The number of hydrogen-bond acceptors (Lipinski definition) is 3. The van der Waals surface area contributed by atoms with E-state index in [4.69, 9.17) is 5.73 Å². The highest BCUT2D eigenvalue weighted by Crippen LogP contribution is 2.23. The summed E-state index contributed by atoms with van der Waals surface area (Å²) in [5.74, 6) is -0.175. The summed E-state index contributed by atoms with van der Waals surface area (Å²) >= 11 is 1.25. The minimum atomic E-state index is -2.79. The number of nitrogens with zero attached hydrogens (tertiary/aromatic N) is 2. The van der Waals surface area contributed by atoms with Crippen LogP contribution < -0.4 is 5.73 Å². The fraction of sp³-hybridized carbons (Fsp3) is 0.125. The predicted octanol–water partition coefficient (Wildman–Crippen LogP) is 4.35. The molecule has 2 rings (SSSR count). The van der Waals surface area contributed by atoms with Crippen LogP contribution in [0.2, 0.25) is 0 Å². The van der Waals surface area contributed by atoms with Crippen LogP contribution in [-0.2, 0) is 5.75 Å². The quantitative estimate of drug-likeness (QED) is 0.501. The van der Waals surface area contributed by atoms with Crippen LogP contribution in [0, 0.1) is 5.82 Å². The normalized spacial score (nSPS) is 12.3. The minimum Gasteiger partial charge on any atom is -0.377 e. The molecule has 2 aromatic rings. The molecule has 0 aliphatic heterocycles. The molecule has 0 fully saturated rings. The Morgan fingerprint density at radius 1 is 1.13 bits per heavy atom. The van der Waals surface area contributed by atoms with Gasteiger partial charge in [0, 0.05) is 16.9 Å². The summed E-state index contributed by atoms with van der Waals surface area (Å²) in [5.41, 5.74) is 6.03. The van der Waals surface area contributed by atoms with Crippen molar-refractivity contribution in [1.29, 1.82) is 0 Å². The molecule has 0 atom stereocenters. The molecule has 0 amide bonds. The van der Waals surface area contributed by atoms with E-state index in [0.29, 0.717) is 5.75 Å². The third-order valence-corrected chi connectivity index (χ3v) is 3.75. The summed E-state index contributed by atoms with van der Waals surface area (Å²) in [4.78, 5) is 0. The highest BCUT2D eigenvalue weighted by molar-refractivity contribution is 8.13. The number of nitrogens with two attached hydrogens (primary N) is 1. The molecule has 0 saturated carbocycles. The Labute approximate surface area is 136 Å². The third-order valence-electron chi connectivity index (χ3n) is 2.89. The zero-order valence-corrected chi connectivity index (χ0v) is 12.8. The van der Waals surface area contributed by atoms with Crippen LogP contribution in [0.1, 0.15) is 23.1 Å². The van der Waals surface area contributed by atoms with E-state index in [1.807, 2.05) is 30.3 Å². The summed E-state index contributed by atoms with van der Waals surface area (Å²) in [6.45, 7) is 0. The second-order valence-corrected chi connectivity index (χ2v) is 5.50. The van der Waals surface area contributed by atoms with Gasteiger partial charge in [0.25, 0.3) is 6.43 Å². The van der Waals surface area contributed by atoms with Crippen molar-refractivity contribution in [3.8, 4) is 0 Å². The summed E-state index contributed by atoms with van der Waals surface area (Å²) in [6, 6.07) is 13.1. The van der Waals surface area contributed by atoms with Crippen LogP contribution in [0.5, 0.6) is 0 Å². The molecule has 0 aromatic heterocycles. The Kier molecular flexibility index (Phi) is 6.22. The highest BCUT2D eigenvalue weighted by atomic mass is 32.2. The molecular weight excluding hydrogens is 323 g/mol. The Hall–Kier alpha value is -2.28. The van der Waals surface area contributed by atoms with Gasteiger partial charge in [-0.15, -0.1) is 5.10 Å². The molecule has 7 heteroatoms. The van der Waals surface area contributed by atoms with E-state index in [-0.39, 0.29) is 10.7 Å². The first-order chi connectivity index (χ1) is 11.1. The lowest BCUT2D eigenvalue weighted by molar-refractivity contribution is 0.151. The molecule has 2 N–H and O–H groups in total. The van der Waals surface area contributed by atoms with Crippen LogP contribution in [0.4, 0.5) is 13.2 Å². The third kappa shape index (κ3) is 5.14. The molecule has 0 aliphatic rings. The van der Waals surface area contributed by atoms with Crippen molar-refractivity contribution in [2.45, 2.75) is 12.2 Å². The topological polar surface area (TPSA) is 50.7 Å². The van der Waals surface area contributed by atoms with E-state index in [2.05, 4.69) is 10.2 Å². The van der Waals surface area contributed by atoms with Crippen molar-refractivity contribution >= 4 is 23.1 Å². The monoisotopic (exact) mass is 337 g/mol. The molecule has 23 heavy (non-hydrogen) atoms. The number of halogens is 3. The summed E-state index contributed by atoms with van der Waals surface area (Å²) in [7, 11) is 0. The number of alkyl halides is 2. The second kappa shape index (κ2) is 8.38. The summed E-state index contributed by atoms with van der Waals surface area (Å²) in [6.07, 6.45) is -1.84. The zero-order chi connectivity index (χ0) is 16.7. The fourth-order valence-electron chi connectivity index (χ4n) is 1.78. The second-order valence-electron chi connectivity index (χ2n) is 4.50. The van der Waals surface area contributed by atoms with Crippen molar-refractivity contribution in [3.63, 3.8) is 0 Å². The smallest absolute Gasteiger partial charge is 0.264 e. The molecule has 0 radical (unpaired) electrons. The Morgan fingerprint density at radius 3 is 2.57 bits per heavy atom. The molecule has 0 spiro atoms. The average Bonchev–Trinajstić information content (AvgIpc) is 2.55. The van der Waals surface area contributed by atoms with Gasteiger partial charge in [0.15, 0.2) is 5.17 Å². The maximum atomic E-state index is 13.6. The maximum Gasteiger partial charge on any atom is 0.264 e. The Bertz CT molecular complexity index is 703. The van der Waals surface area contributed by atoms with Crippen LogP contribution in [0.3, 0.4) is 0 Å². The molecule has 0 saturated heterocycles. The van der Waals surface area contributed by atoms with E-state index >= 15 is 0 Å². The van der Waals surface area contributed by atoms with Gasteiger partial charge in [-0.3, -0.25) is 0 Å². The van der Waals surface area contributed by atoms with Crippen molar-refractivity contribution in [2.75, 3.05) is 0 Å². The lowest BCUT2D eigenvalue weighted by Crippen LogP contribution is -2.06. The van der Waals surface area contributed by atoms with Crippen molar-refractivity contribution < 1.29 is 13.2 Å². The van der Waals surface area contributed by atoms with Gasteiger partial charge in [-0.05, 0) is 11.6 Å². The first-order valence-electron chi connectivity index (χ1n) is 6.67. The van der Waals surface area contributed by atoms with Crippen molar-refractivity contribution in [1.82, 2.24) is 0 Å². The summed E-state index contributed by atoms with van der Waals surface area (Å²) in [5, 5.41) is 7.46. The first-order valence-corrected chi connectivity index (χ1v) is 7.66. The van der Waals surface area contributed by atoms with Crippen LogP contribution in [-0.4, -0.2) is 11.4 Å². The molecule has 0 unspecified atom stereocenters. The SMILES string of the molecule is NC(=NN=Cc1c(F)cccc1C(F)F)SCc1ccccc1. The molecule has 120 valence electrons. The van der Waals surface area contributed by atoms with E-state index < -0.39 is 17.8 Å². The lowest BCUT2D eigenvalue weighted by atomic mass is 10.1. The summed E-state index contributed by atoms with van der Waals surface area (Å²) < 4.78 is 39.2. The zero-order valence-electron chi connectivity index (χ0n) is 12.0. The first kappa shape index (κ1) is 17.1. The predicted molar refractivity (Wildman–Crippen MR) is 88.3 cm³/mol. The molecule has 3 nitrogen and oxygen atoms in total. The van der Waals surface area contributed by atoms with Gasteiger partial charge in [0.2, 0.25) is 0 Å². The van der Waals surface area contributed by atoms with Gasteiger partial charge < -0.3 is 5.73 Å². The van der Waals surface area contributed by atoms with Gasteiger partial charge in [-0.1, -0.05) is 54.2 Å². The maximum absolute atomic E-state index is 13.6. The number of rotatable bonds is 5. The average molecular weight is 337 g/mol. The lowest BCUT2D eigenvalue weighted by Gasteiger charge is -2.04. The van der Waals surface area contributed by atoms with Crippen molar-refractivity contribution in [2.24, 2.45) is 15.9 Å². The van der Waals surface area contributed by atoms with E-state index in [9.17, 15) is 13.2 Å². The Morgan fingerprint density at radius 2 is 1.87 bits per heavy atom. The number of thioether (sulfide) groups is 1.